The van der Waals surface area contributed by atoms with E-state index in [4.69, 9.17) is 5.73 Å². The van der Waals surface area contributed by atoms with Crippen molar-refractivity contribution in [1.29, 1.82) is 0 Å². The monoisotopic (exact) mass is 235 g/mol. The fourth-order valence-corrected chi connectivity index (χ4v) is 1.91. The van der Waals surface area contributed by atoms with Crippen molar-refractivity contribution in [3.05, 3.63) is 46.1 Å². The molecule has 17 heavy (non-hydrogen) atoms. The maximum absolute atomic E-state index is 13.2. The second-order valence-electron chi connectivity index (χ2n) is 3.81. The molecule has 2 rings (SSSR count). The summed E-state index contributed by atoms with van der Waals surface area (Å²) >= 11 is 0. The van der Waals surface area contributed by atoms with Crippen LogP contribution in [0, 0.1) is 12.7 Å². The third-order valence-electron chi connectivity index (χ3n) is 2.79. The highest BCUT2D eigenvalue weighted by molar-refractivity contribution is 5.44. The predicted octanol–water partition coefficient (Wildman–Crippen LogP) is 1.69. The molecule has 0 bridgehead atoms. The molecule has 0 aliphatic heterocycles. The minimum absolute atomic E-state index is 0.205. The smallest absolute Gasteiger partial charge is 0.294 e. The van der Waals surface area contributed by atoms with E-state index in [0.29, 0.717) is 17.9 Å². The van der Waals surface area contributed by atoms with Crippen LogP contribution >= 0.6 is 0 Å². The van der Waals surface area contributed by atoms with E-state index in [1.165, 1.54) is 16.8 Å². The highest BCUT2D eigenvalue weighted by Gasteiger charge is 2.14. The third kappa shape index (κ3) is 1.73. The summed E-state index contributed by atoms with van der Waals surface area (Å²) in [5.41, 5.74) is 6.78. The van der Waals surface area contributed by atoms with Gasteiger partial charge in [-0.15, -0.1) is 0 Å². The van der Waals surface area contributed by atoms with Crippen LogP contribution in [-0.4, -0.2) is 9.36 Å². The van der Waals surface area contributed by atoms with Crippen LogP contribution in [-0.2, 0) is 6.54 Å². The van der Waals surface area contributed by atoms with Crippen molar-refractivity contribution in [2.24, 2.45) is 0 Å². The van der Waals surface area contributed by atoms with Gasteiger partial charge < -0.3 is 5.73 Å². The van der Waals surface area contributed by atoms with Crippen LogP contribution in [0.5, 0.6) is 0 Å². The molecule has 1 aromatic heterocycles. The lowest BCUT2D eigenvalue weighted by Gasteiger charge is -2.10. The van der Waals surface area contributed by atoms with E-state index in [0.717, 1.165) is 0 Å². The Morgan fingerprint density at radius 3 is 2.71 bits per heavy atom. The molecule has 0 aliphatic carbocycles. The minimum Gasteiger partial charge on any atom is -0.393 e. The summed E-state index contributed by atoms with van der Waals surface area (Å²) in [7, 11) is 0. The summed E-state index contributed by atoms with van der Waals surface area (Å²) in [6, 6.07) is 5.89. The molecule has 0 radical (unpaired) electrons. The first-order chi connectivity index (χ1) is 8.06. The first kappa shape index (κ1) is 11.4. The quantitative estimate of drug-likeness (QED) is 0.861. The van der Waals surface area contributed by atoms with Gasteiger partial charge in [0.15, 0.2) is 0 Å². The molecule has 0 fully saturated rings. The fourth-order valence-electron chi connectivity index (χ4n) is 1.91. The Kier molecular flexibility index (Phi) is 2.75. The van der Waals surface area contributed by atoms with Crippen LogP contribution in [0.4, 0.5) is 10.1 Å². The molecule has 1 heterocycles. The molecular formula is C12H14FN3O. The Morgan fingerprint density at radius 2 is 2.12 bits per heavy atom. The number of nitrogens with two attached hydrogens (primary N) is 1. The number of nitrogens with zero attached hydrogens (tertiary/aromatic N) is 2. The molecule has 2 N–H and O–H groups in total. The minimum atomic E-state index is -0.380. The van der Waals surface area contributed by atoms with Crippen molar-refractivity contribution in [2.45, 2.75) is 20.4 Å². The maximum atomic E-state index is 13.2. The molecule has 0 saturated carbocycles. The van der Waals surface area contributed by atoms with E-state index in [2.05, 4.69) is 0 Å². The lowest BCUT2D eigenvalue weighted by molar-refractivity contribution is 0.555. The number of benzene rings is 1. The second-order valence-corrected chi connectivity index (χ2v) is 3.81. The van der Waals surface area contributed by atoms with Crippen molar-refractivity contribution in [3.8, 4) is 5.69 Å². The van der Waals surface area contributed by atoms with Gasteiger partial charge in [-0.05, 0) is 32.0 Å². The SMILES string of the molecule is CCn1c(C)c(N)c(=O)n1-c1cccc(F)c1. The lowest BCUT2D eigenvalue weighted by Crippen LogP contribution is -2.22. The van der Waals surface area contributed by atoms with E-state index in [-0.39, 0.29) is 17.1 Å². The number of aromatic nitrogens is 2. The van der Waals surface area contributed by atoms with Gasteiger partial charge in [-0.25, -0.2) is 9.07 Å². The first-order valence-electron chi connectivity index (χ1n) is 5.40. The Bertz CT molecular complexity index is 613. The predicted molar refractivity (Wildman–Crippen MR) is 64.8 cm³/mol. The van der Waals surface area contributed by atoms with E-state index < -0.39 is 0 Å². The van der Waals surface area contributed by atoms with Crippen LogP contribution in [0.15, 0.2) is 29.1 Å². The lowest BCUT2D eigenvalue weighted by atomic mass is 10.3. The van der Waals surface area contributed by atoms with Gasteiger partial charge in [-0.1, -0.05) is 6.07 Å². The van der Waals surface area contributed by atoms with Gasteiger partial charge in [0, 0.05) is 6.54 Å². The van der Waals surface area contributed by atoms with Crippen LogP contribution in [0.2, 0.25) is 0 Å². The molecule has 1 aromatic carbocycles. The number of hydrogen-bond acceptors (Lipinski definition) is 2. The second kappa shape index (κ2) is 4.08. The van der Waals surface area contributed by atoms with E-state index in [1.807, 2.05) is 6.92 Å². The third-order valence-corrected chi connectivity index (χ3v) is 2.79. The van der Waals surface area contributed by atoms with Crippen molar-refractivity contribution < 1.29 is 4.39 Å². The van der Waals surface area contributed by atoms with Crippen LogP contribution in [0.25, 0.3) is 5.69 Å². The molecule has 0 spiro atoms. The molecule has 4 nitrogen and oxygen atoms in total. The van der Waals surface area contributed by atoms with Gasteiger partial charge in [0.25, 0.3) is 5.56 Å². The summed E-state index contributed by atoms with van der Waals surface area (Å²) in [4.78, 5) is 12.0. The average Bonchev–Trinajstić information content (AvgIpc) is 2.53. The van der Waals surface area contributed by atoms with Gasteiger partial charge in [-0.3, -0.25) is 9.48 Å². The topological polar surface area (TPSA) is 52.9 Å². The Hall–Kier alpha value is -2.04. The normalized spacial score (nSPS) is 10.8. The van der Waals surface area contributed by atoms with Gasteiger partial charge in [0.05, 0.1) is 11.4 Å². The summed E-state index contributed by atoms with van der Waals surface area (Å²) < 4.78 is 16.3. The number of halogens is 1. The van der Waals surface area contributed by atoms with Crippen molar-refractivity contribution in [2.75, 3.05) is 5.73 Å². The molecule has 0 unspecified atom stereocenters. The summed E-state index contributed by atoms with van der Waals surface area (Å²) in [5.74, 6) is -0.380. The Balaban J connectivity index is 2.75. The van der Waals surface area contributed by atoms with Crippen molar-refractivity contribution in [3.63, 3.8) is 0 Å². The Morgan fingerprint density at radius 1 is 1.41 bits per heavy atom. The summed E-state index contributed by atoms with van der Waals surface area (Å²) in [6.07, 6.45) is 0. The summed E-state index contributed by atoms with van der Waals surface area (Å²) in [6.45, 7) is 4.27. The number of nitrogen functional groups attached to an aromatic ring is 1. The highest BCUT2D eigenvalue weighted by Crippen LogP contribution is 2.13. The maximum Gasteiger partial charge on any atom is 0.294 e. The standard InChI is InChI=1S/C12H14FN3O/c1-3-15-8(2)11(14)12(17)16(15)10-6-4-5-9(13)7-10/h4-7H,3,14H2,1-2H3. The summed E-state index contributed by atoms with van der Waals surface area (Å²) in [5, 5.41) is 0. The molecule has 5 heteroatoms. The highest BCUT2D eigenvalue weighted by atomic mass is 19.1. The molecular weight excluding hydrogens is 221 g/mol. The number of rotatable bonds is 2. The molecule has 0 amide bonds. The molecule has 90 valence electrons. The van der Waals surface area contributed by atoms with Crippen LogP contribution < -0.4 is 11.3 Å². The zero-order valence-electron chi connectivity index (χ0n) is 9.77. The van der Waals surface area contributed by atoms with E-state index in [1.54, 1.807) is 23.7 Å². The molecule has 0 atom stereocenters. The van der Waals surface area contributed by atoms with E-state index >= 15 is 0 Å². The van der Waals surface area contributed by atoms with Crippen molar-refractivity contribution >= 4 is 5.69 Å². The van der Waals surface area contributed by atoms with Crippen molar-refractivity contribution in [1.82, 2.24) is 9.36 Å². The zero-order valence-corrected chi connectivity index (χ0v) is 9.77. The molecule has 2 aromatic rings. The van der Waals surface area contributed by atoms with Crippen LogP contribution in [0.1, 0.15) is 12.6 Å². The number of hydrogen-bond donors (Lipinski definition) is 1. The van der Waals surface area contributed by atoms with Gasteiger partial charge in [0.2, 0.25) is 0 Å². The zero-order chi connectivity index (χ0) is 12.6. The van der Waals surface area contributed by atoms with Gasteiger partial charge in [-0.2, -0.15) is 0 Å². The van der Waals surface area contributed by atoms with Gasteiger partial charge >= 0.3 is 0 Å². The average molecular weight is 235 g/mol. The molecule has 0 saturated heterocycles. The van der Waals surface area contributed by atoms with Gasteiger partial charge in [0.1, 0.15) is 11.5 Å². The van der Waals surface area contributed by atoms with E-state index in [9.17, 15) is 9.18 Å². The fraction of sp³-hybridized carbons (Fsp3) is 0.250. The molecule has 0 aliphatic rings. The largest absolute Gasteiger partial charge is 0.393 e. The number of anilines is 1. The Labute approximate surface area is 98.1 Å². The first-order valence-corrected chi connectivity index (χ1v) is 5.40. The van der Waals surface area contributed by atoms with Crippen LogP contribution in [0.3, 0.4) is 0 Å².